The van der Waals surface area contributed by atoms with E-state index < -0.39 is 24.4 Å². The summed E-state index contributed by atoms with van der Waals surface area (Å²) >= 11 is 5.86. The summed E-state index contributed by atoms with van der Waals surface area (Å²) < 4.78 is 0. The predicted molar refractivity (Wildman–Crippen MR) is 74.1 cm³/mol. The van der Waals surface area contributed by atoms with Crippen LogP contribution in [0.3, 0.4) is 0 Å². The average molecular weight is 295 g/mol. The van der Waals surface area contributed by atoms with Crippen LogP contribution in [0, 0.1) is 0 Å². The van der Waals surface area contributed by atoms with Crippen LogP contribution in [-0.2, 0) is 9.59 Å². The minimum atomic E-state index is -1.23. The van der Waals surface area contributed by atoms with Gasteiger partial charge >= 0.3 is 11.9 Å². The summed E-state index contributed by atoms with van der Waals surface area (Å²) in [6, 6.07) is 5.38. The minimum absolute atomic E-state index is 0.500. The molecule has 1 aromatic heterocycles. The minimum Gasteiger partial charge on any atom is -0.481 e. The number of pyridine rings is 1. The Bertz CT molecular complexity index is 674. The number of aliphatic carboxylic acids is 2. The molecule has 2 rings (SSSR count). The fourth-order valence-electron chi connectivity index (χ4n) is 1.81. The molecule has 0 aliphatic rings. The zero-order valence-electron chi connectivity index (χ0n) is 10.2. The molecule has 20 heavy (non-hydrogen) atoms. The second-order valence-electron chi connectivity index (χ2n) is 4.15. The van der Waals surface area contributed by atoms with Crippen molar-refractivity contribution >= 4 is 40.1 Å². The first kappa shape index (κ1) is 14.1. The Balaban J connectivity index is 2.37. The Labute approximate surface area is 119 Å². The molecule has 1 atom stereocenters. The molecule has 0 spiro atoms. The maximum Gasteiger partial charge on any atom is 0.326 e. The third-order valence-corrected chi connectivity index (χ3v) is 2.95. The highest BCUT2D eigenvalue weighted by Gasteiger charge is 2.21. The number of hydrogen-bond acceptors (Lipinski definition) is 4. The lowest BCUT2D eigenvalue weighted by Gasteiger charge is -2.15. The monoisotopic (exact) mass is 294 g/mol. The highest BCUT2D eigenvalue weighted by atomic mass is 35.5. The number of aromatic nitrogens is 1. The largest absolute Gasteiger partial charge is 0.481 e. The van der Waals surface area contributed by atoms with Crippen LogP contribution in [0.25, 0.3) is 10.9 Å². The SMILES string of the molecule is O=C(O)CC(Nc1ccnc2cc(Cl)ccc12)C(=O)O. The van der Waals surface area contributed by atoms with Gasteiger partial charge in [-0.3, -0.25) is 9.78 Å². The summed E-state index contributed by atoms with van der Waals surface area (Å²) in [5.74, 6) is -2.42. The van der Waals surface area contributed by atoms with Crippen molar-refractivity contribution in [3.05, 3.63) is 35.5 Å². The van der Waals surface area contributed by atoms with E-state index in [2.05, 4.69) is 10.3 Å². The molecule has 0 bridgehead atoms. The maximum atomic E-state index is 11.1. The predicted octanol–water partition coefficient (Wildman–Crippen LogP) is 2.23. The van der Waals surface area contributed by atoms with Crippen LogP contribution < -0.4 is 5.32 Å². The van der Waals surface area contributed by atoms with Gasteiger partial charge in [0.15, 0.2) is 0 Å². The third kappa shape index (κ3) is 3.16. The quantitative estimate of drug-likeness (QED) is 0.782. The standard InChI is InChI=1S/C13H11ClN2O4/c14-7-1-2-8-9(3-4-15-10(8)5-7)16-11(13(19)20)6-12(17)18/h1-5,11H,6H2,(H,15,16)(H,17,18)(H,19,20). The Morgan fingerprint density at radius 1 is 1.30 bits per heavy atom. The van der Waals surface area contributed by atoms with Crippen LogP contribution in [0.1, 0.15) is 6.42 Å². The topological polar surface area (TPSA) is 99.5 Å². The molecule has 0 saturated heterocycles. The summed E-state index contributed by atoms with van der Waals surface area (Å²) in [6.07, 6.45) is 0.980. The number of benzene rings is 1. The molecule has 7 heteroatoms. The molecule has 0 radical (unpaired) electrons. The highest BCUT2D eigenvalue weighted by Crippen LogP contribution is 2.25. The fraction of sp³-hybridized carbons (Fsp3) is 0.154. The molecule has 1 aromatic carbocycles. The van der Waals surface area contributed by atoms with Crippen molar-refractivity contribution in [1.29, 1.82) is 0 Å². The van der Waals surface area contributed by atoms with E-state index in [1.54, 1.807) is 24.3 Å². The third-order valence-electron chi connectivity index (χ3n) is 2.71. The number of halogens is 1. The number of carboxylic acids is 2. The van der Waals surface area contributed by atoms with Crippen molar-refractivity contribution in [2.45, 2.75) is 12.5 Å². The summed E-state index contributed by atoms with van der Waals surface area (Å²) in [4.78, 5) is 25.9. The normalized spacial score (nSPS) is 12.1. The molecular formula is C13H11ClN2O4. The first-order valence-corrected chi connectivity index (χ1v) is 6.10. The number of fused-ring (bicyclic) bond motifs is 1. The zero-order valence-corrected chi connectivity index (χ0v) is 11.0. The molecule has 104 valence electrons. The van der Waals surface area contributed by atoms with Gasteiger partial charge in [0.2, 0.25) is 0 Å². The summed E-state index contributed by atoms with van der Waals surface area (Å²) in [7, 11) is 0. The van der Waals surface area contributed by atoms with Gasteiger partial charge < -0.3 is 15.5 Å². The smallest absolute Gasteiger partial charge is 0.326 e. The highest BCUT2D eigenvalue weighted by molar-refractivity contribution is 6.31. The molecule has 0 aliphatic carbocycles. The lowest BCUT2D eigenvalue weighted by atomic mass is 10.1. The summed E-state index contributed by atoms with van der Waals surface area (Å²) in [6.45, 7) is 0. The van der Waals surface area contributed by atoms with E-state index in [0.717, 1.165) is 0 Å². The van der Waals surface area contributed by atoms with E-state index in [-0.39, 0.29) is 0 Å². The zero-order chi connectivity index (χ0) is 14.7. The van der Waals surface area contributed by atoms with E-state index >= 15 is 0 Å². The van der Waals surface area contributed by atoms with Gasteiger partial charge in [-0.25, -0.2) is 4.79 Å². The maximum absolute atomic E-state index is 11.1. The van der Waals surface area contributed by atoms with Gasteiger partial charge in [0, 0.05) is 22.3 Å². The Morgan fingerprint density at radius 3 is 2.70 bits per heavy atom. The number of rotatable bonds is 5. The molecular weight excluding hydrogens is 284 g/mol. The van der Waals surface area contributed by atoms with Gasteiger partial charge in [0.25, 0.3) is 0 Å². The van der Waals surface area contributed by atoms with Gasteiger partial charge in [-0.2, -0.15) is 0 Å². The van der Waals surface area contributed by atoms with Gasteiger partial charge in [0.1, 0.15) is 6.04 Å². The van der Waals surface area contributed by atoms with Crippen molar-refractivity contribution in [1.82, 2.24) is 4.98 Å². The Morgan fingerprint density at radius 2 is 2.05 bits per heavy atom. The van der Waals surface area contributed by atoms with E-state index in [9.17, 15) is 9.59 Å². The number of carboxylic acid groups (broad SMARTS) is 2. The van der Waals surface area contributed by atoms with Crippen molar-refractivity contribution < 1.29 is 19.8 Å². The number of carbonyl (C=O) groups is 2. The van der Waals surface area contributed by atoms with Crippen molar-refractivity contribution in [3.63, 3.8) is 0 Å². The number of nitrogens with one attached hydrogen (secondary N) is 1. The van der Waals surface area contributed by atoms with E-state index in [1.165, 1.54) is 6.20 Å². The molecule has 0 fully saturated rings. The number of anilines is 1. The fourth-order valence-corrected chi connectivity index (χ4v) is 1.98. The number of hydrogen-bond donors (Lipinski definition) is 3. The lowest BCUT2D eigenvalue weighted by Crippen LogP contribution is -2.31. The van der Waals surface area contributed by atoms with Gasteiger partial charge in [-0.15, -0.1) is 0 Å². The Hall–Kier alpha value is -2.34. The van der Waals surface area contributed by atoms with Crippen LogP contribution in [0.4, 0.5) is 5.69 Å². The van der Waals surface area contributed by atoms with Crippen molar-refractivity contribution in [3.8, 4) is 0 Å². The lowest BCUT2D eigenvalue weighted by molar-refractivity contribution is -0.144. The van der Waals surface area contributed by atoms with Gasteiger partial charge in [0.05, 0.1) is 11.9 Å². The van der Waals surface area contributed by atoms with Crippen LogP contribution in [0.15, 0.2) is 30.5 Å². The van der Waals surface area contributed by atoms with Crippen LogP contribution in [0.5, 0.6) is 0 Å². The van der Waals surface area contributed by atoms with Crippen LogP contribution in [0.2, 0.25) is 5.02 Å². The first-order valence-electron chi connectivity index (χ1n) is 5.73. The molecule has 2 aromatic rings. The van der Waals surface area contributed by atoms with Crippen molar-refractivity contribution in [2.24, 2.45) is 0 Å². The molecule has 3 N–H and O–H groups in total. The van der Waals surface area contributed by atoms with Crippen LogP contribution in [-0.4, -0.2) is 33.2 Å². The van der Waals surface area contributed by atoms with Gasteiger partial charge in [-0.1, -0.05) is 11.6 Å². The molecule has 6 nitrogen and oxygen atoms in total. The molecule has 1 heterocycles. The molecule has 0 saturated carbocycles. The van der Waals surface area contributed by atoms with E-state index in [4.69, 9.17) is 21.8 Å². The van der Waals surface area contributed by atoms with Crippen LogP contribution >= 0.6 is 11.6 Å². The number of nitrogens with zero attached hydrogens (tertiary/aromatic N) is 1. The van der Waals surface area contributed by atoms with Gasteiger partial charge in [-0.05, 0) is 24.3 Å². The molecule has 0 amide bonds. The second kappa shape index (κ2) is 5.75. The second-order valence-corrected chi connectivity index (χ2v) is 4.59. The summed E-state index contributed by atoms with van der Waals surface area (Å²) in [5, 5.41) is 21.7. The average Bonchev–Trinajstić information content (AvgIpc) is 2.37. The molecule has 0 aliphatic heterocycles. The Kier molecular flexibility index (Phi) is 4.05. The first-order chi connectivity index (χ1) is 9.47. The summed E-state index contributed by atoms with van der Waals surface area (Å²) in [5.41, 5.74) is 1.10. The van der Waals surface area contributed by atoms with Crippen molar-refractivity contribution in [2.75, 3.05) is 5.32 Å². The van der Waals surface area contributed by atoms with E-state index in [0.29, 0.717) is 21.6 Å². The van der Waals surface area contributed by atoms with E-state index in [1.807, 2.05) is 0 Å². The molecule has 1 unspecified atom stereocenters.